The van der Waals surface area contributed by atoms with Crippen LogP contribution < -0.4 is 0 Å². The summed E-state index contributed by atoms with van der Waals surface area (Å²) in [4.78, 5) is 24.1. The predicted molar refractivity (Wildman–Crippen MR) is 62.0 cm³/mol. The second-order valence-corrected chi connectivity index (χ2v) is 10.5. The Bertz CT molecular complexity index is 451. The first-order chi connectivity index (χ1) is 7.70. The summed E-state index contributed by atoms with van der Waals surface area (Å²) in [5.74, 6) is -0.537. The highest BCUT2D eigenvalue weighted by Gasteiger charge is 2.26. The molecule has 8 nitrogen and oxygen atoms in total. The standard InChI is InChI=1S/C8H14N4O4Si/c1-17(2,3)5-4-6-9-7(12(15)16)10-11(6)8(13)14/h4-5H2,1-3H3,(H,13,14). The Kier molecular flexibility index (Phi) is 3.61. The van der Waals surface area contributed by atoms with Crippen LogP contribution in [0.25, 0.3) is 0 Å². The molecule has 9 heteroatoms. The minimum Gasteiger partial charge on any atom is -0.463 e. The highest BCUT2D eigenvalue weighted by Crippen LogP contribution is 2.14. The molecule has 94 valence electrons. The number of rotatable bonds is 4. The second-order valence-electron chi connectivity index (χ2n) is 4.84. The van der Waals surface area contributed by atoms with Crippen LogP contribution in [0.5, 0.6) is 0 Å². The average molecular weight is 258 g/mol. The molecule has 0 aliphatic carbocycles. The molecule has 0 atom stereocenters. The summed E-state index contributed by atoms with van der Waals surface area (Å²) in [7, 11) is -1.36. The molecule has 0 unspecified atom stereocenters. The van der Waals surface area contributed by atoms with Crippen molar-refractivity contribution in [1.29, 1.82) is 0 Å². The van der Waals surface area contributed by atoms with Crippen molar-refractivity contribution in [2.45, 2.75) is 32.1 Å². The van der Waals surface area contributed by atoms with E-state index in [-0.39, 0.29) is 5.82 Å². The van der Waals surface area contributed by atoms with Crippen molar-refractivity contribution < 1.29 is 14.8 Å². The van der Waals surface area contributed by atoms with Crippen LogP contribution in [0, 0.1) is 10.1 Å². The van der Waals surface area contributed by atoms with Crippen LogP contribution in [-0.4, -0.2) is 39.0 Å². The normalized spacial score (nSPS) is 11.5. The van der Waals surface area contributed by atoms with Gasteiger partial charge in [-0.05, 0) is 16.0 Å². The summed E-state index contributed by atoms with van der Waals surface area (Å²) in [6, 6.07) is 0.802. The van der Waals surface area contributed by atoms with Gasteiger partial charge in [0.25, 0.3) is 0 Å². The number of carboxylic acid groups (broad SMARTS) is 1. The summed E-state index contributed by atoms with van der Waals surface area (Å²) >= 11 is 0. The lowest BCUT2D eigenvalue weighted by Crippen LogP contribution is -2.22. The Hall–Kier alpha value is -1.77. The molecule has 0 radical (unpaired) electrons. The first-order valence-electron chi connectivity index (χ1n) is 5.04. The summed E-state index contributed by atoms with van der Waals surface area (Å²) in [6.07, 6.45) is -0.959. The predicted octanol–water partition coefficient (Wildman–Crippen LogP) is 1.59. The molecule has 0 aliphatic heterocycles. The van der Waals surface area contributed by atoms with Crippen molar-refractivity contribution in [3.63, 3.8) is 0 Å². The molecule has 0 saturated heterocycles. The Morgan fingerprint density at radius 3 is 2.53 bits per heavy atom. The lowest BCUT2D eigenvalue weighted by molar-refractivity contribution is -0.394. The van der Waals surface area contributed by atoms with Crippen molar-refractivity contribution >= 4 is 20.1 Å². The maximum Gasteiger partial charge on any atom is 0.491 e. The molecule has 0 spiro atoms. The van der Waals surface area contributed by atoms with E-state index >= 15 is 0 Å². The van der Waals surface area contributed by atoms with E-state index < -0.39 is 25.0 Å². The quantitative estimate of drug-likeness (QED) is 0.498. The molecule has 0 amide bonds. The Balaban J connectivity index is 2.97. The molecule has 1 aromatic rings. The van der Waals surface area contributed by atoms with E-state index in [0.717, 1.165) is 6.04 Å². The summed E-state index contributed by atoms with van der Waals surface area (Å²) in [6.45, 7) is 6.38. The highest BCUT2D eigenvalue weighted by atomic mass is 28.3. The van der Waals surface area contributed by atoms with Crippen LogP contribution in [0.1, 0.15) is 5.82 Å². The Labute approximate surface area is 98.4 Å². The number of nitrogens with zero attached hydrogens (tertiary/aromatic N) is 4. The SMILES string of the molecule is C[Si](C)(C)CCc1nc([N+](=O)[O-])nn1C(=O)O. The van der Waals surface area contributed by atoms with Gasteiger partial charge in [0.15, 0.2) is 0 Å². The van der Waals surface area contributed by atoms with Crippen molar-refractivity contribution in [3.8, 4) is 0 Å². The molecule has 0 aliphatic rings. The molecule has 0 aromatic carbocycles. The van der Waals surface area contributed by atoms with E-state index in [0.29, 0.717) is 11.1 Å². The summed E-state index contributed by atoms with van der Waals surface area (Å²) in [5.41, 5.74) is 0. The van der Waals surface area contributed by atoms with Gasteiger partial charge in [-0.15, -0.1) is 0 Å². The van der Waals surface area contributed by atoms with Gasteiger partial charge < -0.3 is 15.2 Å². The van der Waals surface area contributed by atoms with E-state index in [2.05, 4.69) is 29.7 Å². The van der Waals surface area contributed by atoms with Crippen molar-refractivity contribution in [1.82, 2.24) is 14.8 Å². The van der Waals surface area contributed by atoms with Crippen molar-refractivity contribution in [2.24, 2.45) is 0 Å². The van der Waals surface area contributed by atoms with E-state index in [1.807, 2.05) is 0 Å². The molecule has 1 N–H and O–H groups in total. The van der Waals surface area contributed by atoms with Crippen molar-refractivity contribution in [2.75, 3.05) is 0 Å². The van der Waals surface area contributed by atoms with Gasteiger partial charge in [-0.3, -0.25) is 0 Å². The van der Waals surface area contributed by atoms with Gasteiger partial charge in [0.1, 0.15) is 0 Å². The lowest BCUT2D eigenvalue weighted by atomic mass is 10.4. The number of aryl methyl sites for hydroxylation is 1. The monoisotopic (exact) mass is 258 g/mol. The van der Waals surface area contributed by atoms with E-state index in [1.54, 1.807) is 0 Å². The van der Waals surface area contributed by atoms with Crippen LogP contribution in [0.4, 0.5) is 10.7 Å². The smallest absolute Gasteiger partial charge is 0.463 e. The zero-order valence-corrected chi connectivity index (χ0v) is 10.9. The van der Waals surface area contributed by atoms with E-state index in [4.69, 9.17) is 5.11 Å². The highest BCUT2D eigenvalue weighted by molar-refractivity contribution is 6.76. The van der Waals surface area contributed by atoms with Crippen LogP contribution >= 0.6 is 0 Å². The van der Waals surface area contributed by atoms with Gasteiger partial charge >= 0.3 is 12.0 Å². The fraction of sp³-hybridized carbons (Fsp3) is 0.625. The third-order valence-corrected chi connectivity index (χ3v) is 3.86. The topological polar surface area (TPSA) is 111 Å². The largest absolute Gasteiger partial charge is 0.491 e. The number of hydrogen-bond donors (Lipinski definition) is 1. The summed E-state index contributed by atoms with van der Waals surface area (Å²) < 4.78 is 0.582. The second kappa shape index (κ2) is 4.61. The maximum atomic E-state index is 10.8. The molecule has 17 heavy (non-hydrogen) atoms. The lowest BCUT2D eigenvalue weighted by Gasteiger charge is -2.13. The average Bonchev–Trinajstić information content (AvgIpc) is 2.57. The van der Waals surface area contributed by atoms with Gasteiger partial charge in [-0.25, -0.2) is 4.79 Å². The van der Waals surface area contributed by atoms with Crippen LogP contribution in [0.2, 0.25) is 25.7 Å². The molecular formula is C8H14N4O4Si. The first kappa shape index (κ1) is 13.3. The number of nitro groups is 1. The van der Waals surface area contributed by atoms with E-state index in [1.165, 1.54) is 0 Å². The van der Waals surface area contributed by atoms with E-state index in [9.17, 15) is 14.9 Å². The fourth-order valence-corrected chi connectivity index (χ4v) is 2.19. The Morgan fingerprint density at radius 1 is 1.53 bits per heavy atom. The van der Waals surface area contributed by atoms with Gasteiger partial charge in [-0.2, -0.15) is 0 Å². The molecule has 1 aromatic heterocycles. The third kappa shape index (κ3) is 3.62. The maximum absolute atomic E-state index is 10.8. The zero-order chi connectivity index (χ0) is 13.2. The van der Waals surface area contributed by atoms with Crippen LogP contribution in [0.15, 0.2) is 0 Å². The third-order valence-electron chi connectivity index (χ3n) is 2.11. The minimum absolute atomic E-state index is 0.131. The molecule has 0 fully saturated rings. The van der Waals surface area contributed by atoms with Crippen LogP contribution in [-0.2, 0) is 6.42 Å². The molecule has 0 bridgehead atoms. The summed E-state index contributed by atoms with van der Waals surface area (Å²) in [5, 5.41) is 22.6. The van der Waals surface area contributed by atoms with Crippen molar-refractivity contribution in [3.05, 3.63) is 15.9 Å². The molecule has 1 rings (SSSR count). The molecular weight excluding hydrogens is 244 g/mol. The number of carbonyl (C=O) groups is 1. The van der Waals surface area contributed by atoms with Gasteiger partial charge in [0, 0.05) is 19.6 Å². The number of hydrogen-bond acceptors (Lipinski definition) is 5. The molecule has 0 saturated carbocycles. The first-order valence-corrected chi connectivity index (χ1v) is 8.75. The van der Waals surface area contributed by atoms with Gasteiger partial charge in [0.05, 0.1) is 0 Å². The minimum atomic E-state index is -1.36. The van der Waals surface area contributed by atoms with Gasteiger partial charge in [-0.1, -0.05) is 24.3 Å². The van der Waals surface area contributed by atoms with Gasteiger partial charge in [0.2, 0.25) is 5.82 Å². The Morgan fingerprint density at radius 2 is 2.12 bits per heavy atom. The molecule has 1 heterocycles. The fourth-order valence-electron chi connectivity index (χ4n) is 1.21. The van der Waals surface area contributed by atoms with Crippen LogP contribution in [0.3, 0.4) is 0 Å². The number of aromatic nitrogens is 3. The zero-order valence-electron chi connectivity index (χ0n) is 9.88.